The molecule has 18 heavy (non-hydrogen) atoms. The second kappa shape index (κ2) is 5.47. The van der Waals surface area contributed by atoms with E-state index in [4.69, 9.17) is 5.26 Å². The molecule has 1 fully saturated rings. The van der Waals surface area contributed by atoms with E-state index in [0.29, 0.717) is 11.4 Å². The lowest BCUT2D eigenvalue weighted by Gasteiger charge is -2.13. The van der Waals surface area contributed by atoms with E-state index in [-0.39, 0.29) is 12.1 Å². The summed E-state index contributed by atoms with van der Waals surface area (Å²) in [5.41, 5.74) is 0.913. The molecule has 0 radical (unpaired) electrons. The molecule has 1 atom stereocenters. The first-order chi connectivity index (χ1) is 8.67. The Morgan fingerprint density at radius 2 is 2.44 bits per heavy atom. The number of amides is 2. The maximum Gasteiger partial charge on any atom is 0.319 e. The van der Waals surface area contributed by atoms with Crippen LogP contribution in [-0.2, 0) is 0 Å². The molecule has 0 aromatic carbocycles. The van der Waals surface area contributed by atoms with Crippen molar-refractivity contribution in [2.75, 3.05) is 25.5 Å². The molecule has 1 aliphatic rings. The summed E-state index contributed by atoms with van der Waals surface area (Å²) >= 11 is 0. The number of nitrogens with one attached hydrogen (secondary N) is 2. The average molecular weight is 245 g/mol. The Bertz CT molecular complexity index is 464. The standard InChI is InChI=1S/C12H15N5O/c1-17-5-4-11(8-17)16-12(18)15-10-3-2-9(6-13)14-7-10/h2-3,7,11H,4-5,8H2,1H3,(H2,15,16,18)/t11-/m1/s1. The van der Waals surface area contributed by atoms with Gasteiger partial charge in [0.05, 0.1) is 11.9 Å². The summed E-state index contributed by atoms with van der Waals surface area (Å²) in [5, 5.41) is 14.2. The van der Waals surface area contributed by atoms with Crippen LogP contribution in [0, 0.1) is 11.3 Å². The number of nitrogens with zero attached hydrogens (tertiary/aromatic N) is 3. The Labute approximate surface area is 106 Å². The Morgan fingerprint density at radius 3 is 3.00 bits per heavy atom. The molecule has 1 aromatic rings. The molecule has 0 bridgehead atoms. The normalized spacial score (nSPS) is 19.2. The lowest BCUT2D eigenvalue weighted by molar-refractivity contribution is 0.248. The van der Waals surface area contributed by atoms with Crippen LogP contribution in [0.25, 0.3) is 0 Å². The monoisotopic (exact) mass is 245 g/mol. The fourth-order valence-electron chi connectivity index (χ4n) is 1.94. The van der Waals surface area contributed by atoms with Crippen LogP contribution in [0.3, 0.4) is 0 Å². The first kappa shape index (κ1) is 12.3. The Kier molecular flexibility index (Phi) is 3.75. The zero-order valence-corrected chi connectivity index (χ0v) is 10.2. The number of pyridine rings is 1. The third-order valence-electron chi connectivity index (χ3n) is 2.86. The largest absolute Gasteiger partial charge is 0.334 e. The molecule has 1 saturated heterocycles. The van der Waals surface area contributed by atoms with Crippen molar-refractivity contribution >= 4 is 11.7 Å². The molecule has 0 spiro atoms. The molecule has 1 aliphatic heterocycles. The number of urea groups is 1. The van der Waals surface area contributed by atoms with E-state index in [0.717, 1.165) is 19.5 Å². The summed E-state index contributed by atoms with van der Waals surface area (Å²) in [6, 6.07) is 5.11. The lowest BCUT2D eigenvalue weighted by Crippen LogP contribution is -2.39. The summed E-state index contributed by atoms with van der Waals surface area (Å²) in [5.74, 6) is 0. The highest BCUT2D eigenvalue weighted by atomic mass is 16.2. The van der Waals surface area contributed by atoms with Crippen molar-refractivity contribution in [2.45, 2.75) is 12.5 Å². The summed E-state index contributed by atoms with van der Waals surface area (Å²) in [7, 11) is 2.03. The van der Waals surface area contributed by atoms with E-state index in [2.05, 4.69) is 20.5 Å². The van der Waals surface area contributed by atoms with Crippen LogP contribution in [0.4, 0.5) is 10.5 Å². The number of likely N-dealkylation sites (tertiary alicyclic amines) is 1. The van der Waals surface area contributed by atoms with Crippen molar-refractivity contribution in [3.05, 3.63) is 24.0 Å². The Morgan fingerprint density at radius 1 is 1.61 bits per heavy atom. The van der Waals surface area contributed by atoms with Gasteiger partial charge in [0, 0.05) is 12.6 Å². The van der Waals surface area contributed by atoms with Crippen LogP contribution in [0.5, 0.6) is 0 Å². The van der Waals surface area contributed by atoms with Crippen molar-refractivity contribution in [1.29, 1.82) is 5.26 Å². The highest BCUT2D eigenvalue weighted by Gasteiger charge is 2.20. The van der Waals surface area contributed by atoms with E-state index in [1.807, 2.05) is 13.1 Å². The second-order valence-corrected chi connectivity index (χ2v) is 4.39. The topological polar surface area (TPSA) is 81.0 Å². The predicted octanol–water partition coefficient (Wildman–Crippen LogP) is 0.779. The number of anilines is 1. The SMILES string of the molecule is CN1CC[C@@H](NC(=O)Nc2ccc(C#N)nc2)C1. The molecule has 1 aromatic heterocycles. The molecule has 6 heteroatoms. The number of likely N-dealkylation sites (N-methyl/N-ethyl adjacent to an activating group) is 1. The van der Waals surface area contributed by atoms with Gasteiger partial charge in [-0.2, -0.15) is 5.26 Å². The molecule has 2 rings (SSSR count). The van der Waals surface area contributed by atoms with Crippen molar-refractivity contribution in [1.82, 2.24) is 15.2 Å². The third kappa shape index (κ3) is 3.18. The Hall–Kier alpha value is -2.13. The first-order valence-electron chi connectivity index (χ1n) is 5.79. The molecule has 2 N–H and O–H groups in total. The molecule has 94 valence electrons. The third-order valence-corrected chi connectivity index (χ3v) is 2.86. The van der Waals surface area contributed by atoms with Gasteiger partial charge in [-0.3, -0.25) is 0 Å². The van der Waals surface area contributed by atoms with Gasteiger partial charge >= 0.3 is 6.03 Å². The van der Waals surface area contributed by atoms with Gasteiger partial charge in [0.2, 0.25) is 0 Å². The minimum atomic E-state index is -0.234. The number of carbonyl (C=O) groups excluding carboxylic acids is 1. The number of carbonyl (C=O) groups is 1. The number of rotatable bonds is 2. The van der Waals surface area contributed by atoms with Crippen LogP contribution in [0.2, 0.25) is 0 Å². The molecule has 0 aliphatic carbocycles. The summed E-state index contributed by atoms with van der Waals surface area (Å²) in [4.78, 5) is 17.8. The molecule has 2 amide bonds. The van der Waals surface area contributed by atoms with Crippen LogP contribution in [-0.4, -0.2) is 42.1 Å². The zero-order valence-electron chi connectivity index (χ0n) is 10.2. The maximum atomic E-state index is 11.7. The molecule has 2 heterocycles. The zero-order chi connectivity index (χ0) is 13.0. The fourth-order valence-corrected chi connectivity index (χ4v) is 1.94. The van der Waals surface area contributed by atoms with E-state index >= 15 is 0 Å². The predicted molar refractivity (Wildman–Crippen MR) is 67.0 cm³/mol. The van der Waals surface area contributed by atoms with Gasteiger partial charge in [0.15, 0.2) is 0 Å². The van der Waals surface area contributed by atoms with Gasteiger partial charge in [-0.05, 0) is 32.1 Å². The minimum absolute atomic E-state index is 0.196. The van der Waals surface area contributed by atoms with Crippen molar-refractivity contribution in [2.24, 2.45) is 0 Å². The summed E-state index contributed by atoms with van der Waals surface area (Å²) in [6.45, 7) is 1.88. The smallest absolute Gasteiger partial charge is 0.319 e. The van der Waals surface area contributed by atoms with Crippen molar-refractivity contribution < 1.29 is 4.79 Å². The van der Waals surface area contributed by atoms with E-state index in [9.17, 15) is 4.79 Å². The average Bonchev–Trinajstić information content (AvgIpc) is 2.75. The van der Waals surface area contributed by atoms with E-state index in [1.165, 1.54) is 6.20 Å². The highest BCUT2D eigenvalue weighted by Crippen LogP contribution is 2.08. The van der Waals surface area contributed by atoms with Gasteiger partial charge in [-0.25, -0.2) is 9.78 Å². The van der Waals surface area contributed by atoms with Crippen LogP contribution in [0.15, 0.2) is 18.3 Å². The van der Waals surface area contributed by atoms with Gasteiger partial charge < -0.3 is 15.5 Å². The van der Waals surface area contributed by atoms with Gasteiger partial charge in [-0.15, -0.1) is 0 Å². The fraction of sp³-hybridized carbons (Fsp3) is 0.417. The Balaban J connectivity index is 1.85. The van der Waals surface area contributed by atoms with Crippen molar-refractivity contribution in [3.8, 4) is 6.07 Å². The number of aromatic nitrogens is 1. The summed E-state index contributed by atoms with van der Waals surface area (Å²) < 4.78 is 0. The number of hydrogen-bond donors (Lipinski definition) is 2. The highest BCUT2D eigenvalue weighted by molar-refractivity contribution is 5.89. The lowest BCUT2D eigenvalue weighted by atomic mass is 10.3. The molecule has 6 nitrogen and oxygen atoms in total. The molecule has 0 unspecified atom stereocenters. The first-order valence-corrected chi connectivity index (χ1v) is 5.79. The van der Waals surface area contributed by atoms with E-state index < -0.39 is 0 Å². The summed E-state index contributed by atoms with van der Waals surface area (Å²) in [6.07, 6.45) is 2.44. The molecule has 0 saturated carbocycles. The molecular formula is C12H15N5O. The second-order valence-electron chi connectivity index (χ2n) is 4.39. The van der Waals surface area contributed by atoms with Gasteiger partial charge in [0.1, 0.15) is 11.8 Å². The van der Waals surface area contributed by atoms with Crippen molar-refractivity contribution in [3.63, 3.8) is 0 Å². The molecular weight excluding hydrogens is 230 g/mol. The van der Waals surface area contributed by atoms with Crippen LogP contribution >= 0.6 is 0 Å². The van der Waals surface area contributed by atoms with Crippen LogP contribution < -0.4 is 10.6 Å². The van der Waals surface area contributed by atoms with E-state index in [1.54, 1.807) is 12.1 Å². The minimum Gasteiger partial charge on any atom is -0.334 e. The number of nitriles is 1. The van der Waals surface area contributed by atoms with Gasteiger partial charge in [0.25, 0.3) is 0 Å². The maximum absolute atomic E-state index is 11.7. The van der Waals surface area contributed by atoms with Crippen LogP contribution in [0.1, 0.15) is 12.1 Å². The quantitative estimate of drug-likeness (QED) is 0.806. The number of hydrogen-bond acceptors (Lipinski definition) is 4. The van der Waals surface area contributed by atoms with Gasteiger partial charge in [-0.1, -0.05) is 0 Å².